The SMILES string of the molecule is CC(CC#N)N(C)c1nc(N)nc(N2CCCC2)n1. The van der Waals surface area contributed by atoms with E-state index in [9.17, 15) is 0 Å². The van der Waals surface area contributed by atoms with Crippen molar-refractivity contribution in [1.29, 1.82) is 5.26 Å². The summed E-state index contributed by atoms with van der Waals surface area (Å²) >= 11 is 0. The zero-order valence-corrected chi connectivity index (χ0v) is 11.4. The van der Waals surface area contributed by atoms with Crippen LogP contribution in [0.1, 0.15) is 26.2 Å². The van der Waals surface area contributed by atoms with Crippen molar-refractivity contribution >= 4 is 17.8 Å². The van der Waals surface area contributed by atoms with Crippen LogP contribution in [-0.4, -0.2) is 41.1 Å². The molecule has 19 heavy (non-hydrogen) atoms. The Morgan fingerprint density at radius 1 is 1.37 bits per heavy atom. The number of aromatic nitrogens is 3. The molecule has 1 fully saturated rings. The zero-order chi connectivity index (χ0) is 13.8. The first-order valence-corrected chi connectivity index (χ1v) is 6.48. The molecule has 2 heterocycles. The Morgan fingerprint density at radius 2 is 2.05 bits per heavy atom. The first-order valence-electron chi connectivity index (χ1n) is 6.48. The predicted octanol–water partition coefficient (Wildman–Crippen LogP) is 0.792. The minimum atomic E-state index is 0.0400. The molecule has 7 nitrogen and oxygen atoms in total. The lowest BCUT2D eigenvalue weighted by atomic mass is 10.2. The molecule has 0 saturated carbocycles. The van der Waals surface area contributed by atoms with Crippen molar-refractivity contribution in [2.45, 2.75) is 32.2 Å². The zero-order valence-electron chi connectivity index (χ0n) is 11.4. The lowest BCUT2D eigenvalue weighted by molar-refractivity contribution is 0.680. The van der Waals surface area contributed by atoms with Crippen LogP contribution in [0.4, 0.5) is 17.8 Å². The van der Waals surface area contributed by atoms with Crippen LogP contribution >= 0.6 is 0 Å². The third kappa shape index (κ3) is 3.02. The van der Waals surface area contributed by atoms with E-state index in [2.05, 4.69) is 25.9 Å². The van der Waals surface area contributed by atoms with Gasteiger partial charge in [0.1, 0.15) is 0 Å². The third-order valence-corrected chi connectivity index (χ3v) is 3.38. The fourth-order valence-electron chi connectivity index (χ4n) is 2.05. The molecule has 7 heteroatoms. The number of nitrogen functional groups attached to an aromatic ring is 1. The van der Waals surface area contributed by atoms with Gasteiger partial charge in [0.05, 0.1) is 12.5 Å². The van der Waals surface area contributed by atoms with Gasteiger partial charge in [0.25, 0.3) is 0 Å². The average Bonchev–Trinajstić information content (AvgIpc) is 2.91. The van der Waals surface area contributed by atoms with Gasteiger partial charge < -0.3 is 15.5 Å². The Labute approximate surface area is 113 Å². The van der Waals surface area contributed by atoms with Gasteiger partial charge in [0.15, 0.2) is 0 Å². The van der Waals surface area contributed by atoms with Gasteiger partial charge in [0.2, 0.25) is 17.8 Å². The molecule has 0 aliphatic carbocycles. The Hall–Kier alpha value is -2.10. The van der Waals surface area contributed by atoms with Gasteiger partial charge in [-0.05, 0) is 19.8 Å². The van der Waals surface area contributed by atoms with Gasteiger partial charge in [-0.1, -0.05) is 0 Å². The molecule has 102 valence electrons. The van der Waals surface area contributed by atoms with Crippen LogP contribution in [0, 0.1) is 11.3 Å². The van der Waals surface area contributed by atoms with Gasteiger partial charge in [-0.15, -0.1) is 0 Å². The maximum atomic E-state index is 8.75. The molecule has 1 aliphatic rings. The summed E-state index contributed by atoms with van der Waals surface area (Å²) in [5.41, 5.74) is 5.76. The Bertz CT molecular complexity index is 475. The van der Waals surface area contributed by atoms with Crippen LogP contribution in [0.3, 0.4) is 0 Å². The smallest absolute Gasteiger partial charge is 0.231 e. The molecular formula is C12H19N7. The van der Waals surface area contributed by atoms with Gasteiger partial charge in [-0.3, -0.25) is 0 Å². The highest BCUT2D eigenvalue weighted by atomic mass is 15.4. The van der Waals surface area contributed by atoms with E-state index in [1.807, 2.05) is 18.9 Å². The first-order chi connectivity index (χ1) is 9.11. The van der Waals surface area contributed by atoms with Crippen molar-refractivity contribution < 1.29 is 0 Å². The number of hydrogen-bond donors (Lipinski definition) is 1. The quantitative estimate of drug-likeness (QED) is 0.856. The number of nitriles is 1. The van der Waals surface area contributed by atoms with Crippen LogP contribution in [-0.2, 0) is 0 Å². The predicted molar refractivity (Wildman–Crippen MR) is 73.8 cm³/mol. The molecule has 0 spiro atoms. The summed E-state index contributed by atoms with van der Waals surface area (Å²) in [5, 5.41) is 8.75. The lowest BCUT2D eigenvalue weighted by Gasteiger charge is -2.24. The second-order valence-corrected chi connectivity index (χ2v) is 4.81. The van der Waals surface area contributed by atoms with Crippen LogP contribution in [0.5, 0.6) is 0 Å². The van der Waals surface area contributed by atoms with Crippen molar-refractivity contribution in [2.24, 2.45) is 0 Å². The van der Waals surface area contributed by atoms with E-state index in [1.54, 1.807) is 0 Å². The molecular weight excluding hydrogens is 242 g/mol. The summed E-state index contributed by atoms with van der Waals surface area (Å²) in [7, 11) is 1.87. The molecule has 1 aromatic rings. The van der Waals surface area contributed by atoms with E-state index >= 15 is 0 Å². The second-order valence-electron chi connectivity index (χ2n) is 4.81. The van der Waals surface area contributed by atoms with E-state index in [0.29, 0.717) is 18.3 Å². The molecule has 1 aliphatic heterocycles. The maximum Gasteiger partial charge on any atom is 0.231 e. The molecule has 2 rings (SSSR count). The van der Waals surface area contributed by atoms with Crippen LogP contribution < -0.4 is 15.5 Å². The fraction of sp³-hybridized carbons (Fsp3) is 0.667. The van der Waals surface area contributed by atoms with E-state index in [-0.39, 0.29) is 12.0 Å². The van der Waals surface area contributed by atoms with Gasteiger partial charge in [-0.25, -0.2) is 0 Å². The molecule has 1 atom stereocenters. The molecule has 1 aromatic heterocycles. The van der Waals surface area contributed by atoms with Gasteiger partial charge >= 0.3 is 0 Å². The third-order valence-electron chi connectivity index (χ3n) is 3.38. The molecule has 0 amide bonds. The number of rotatable bonds is 4. The lowest BCUT2D eigenvalue weighted by Crippen LogP contribution is -2.31. The Balaban J connectivity index is 2.23. The highest BCUT2D eigenvalue weighted by Gasteiger charge is 2.19. The monoisotopic (exact) mass is 261 g/mol. The van der Waals surface area contributed by atoms with E-state index in [0.717, 1.165) is 25.9 Å². The number of nitrogens with two attached hydrogens (primary N) is 1. The van der Waals surface area contributed by atoms with Crippen LogP contribution in [0.25, 0.3) is 0 Å². The van der Waals surface area contributed by atoms with Gasteiger partial charge in [0, 0.05) is 26.2 Å². The Morgan fingerprint density at radius 3 is 2.68 bits per heavy atom. The summed E-state index contributed by atoms with van der Waals surface area (Å²) in [6, 6.07) is 2.19. The topological polar surface area (TPSA) is 95.0 Å². The molecule has 1 unspecified atom stereocenters. The van der Waals surface area contributed by atoms with Crippen LogP contribution in [0.2, 0.25) is 0 Å². The molecule has 0 radical (unpaired) electrons. The minimum absolute atomic E-state index is 0.0400. The minimum Gasteiger partial charge on any atom is -0.368 e. The Kier molecular flexibility index (Phi) is 4.00. The maximum absolute atomic E-state index is 8.75. The number of hydrogen-bond acceptors (Lipinski definition) is 7. The standard InChI is InChI=1S/C12H19N7/c1-9(5-6-13)18(2)11-15-10(14)16-12(17-11)19-7-3-4-8-19/h9H,3-5,7-8H2,1-2H3,(H2,14,15,16,17). The van der Waals surface area contributed by atoms with E-state index in [1.165, 1.54) is 0 Å². The molecule has 2 N–H and O–H groups in total. The van der Waals surface area contributed by atoms with Crippen molar-refractivity contribution in [1.82, 2.24) is 15.0 Å². The first kappa shape index (κ1) is 13.3. The van der Waals surface area contributed by atoms with Gasteiger partial charge in [-0.2, -0.15) is 20.2 Å². The van der Waals surface area contributed by atoms with Crippen molar-refractivity contribution in [3.05, 3.63) is 0 Å². The summed E-state index contributed by atoms with van der Waals surface area (Å²) in [6.45, 7) is 3.87. The molecule has 1 saturated heterocycles. The van der Waals surface area contributed by atoms with Crippen molar-refractivity contribution in [3.8, 4) is 6.07 Å². The van der Waals surface area contributed by atoms with Crippen molar-refractivity contribution in [2.75, 3.05) is 35.7 Å². The highest BCUT2D eigenvalue weighted by molar-refractivity contribution is 5.44. The summed E-state index contributed by atoms with van der Waals surface area (Å²) in [5.74, 6) is 1.39. The normalized spacial score (nSPS) is 16.2. The summed E-state index contributed by atoms with van der Waals surface area (Å²) in [6.07, 6.45) is 2.73. The largest absolute Gasteiger partial charge is 0.368 e. The van der Waals surface area contributed by atoms with Crippen molar-refractivity contribution in [3.63, 3.8) is 0 Å². The van der Waals surface area contributed by atoms with E-state index < -0.39 is 0 Å². The number of nitrogens with zero attached hydrogens (tertiary/aromatic N) is 6. The van der Waals surface area contributed by atoms with Crippen LogP contribution in [0.15, 0.2) is 0 Å². The molecule has 0 bridgehead atoms. The summed E-state index contributed by atoms with van der Waals surface area (Å²) in [4.78, 5) is 16.8. The number of anilines is 3. The highest BCUT2D eigenvalue weighted by Crippen LogP contribution is 2.20. The summed E-state index contributed by atoms with van der Waals surface area (Å²) < 4.78 is 0. The van der Waals surface area contributed by atoms with E-state index in [4.69, 9.17) is 11.0 Å². The molecule has 0 aromatic carbocycles. The second kappa shape index (κ2) is 5.69. The fourth-order valence-corrected chi connectivity index (χ4v) is 2.05. The average molecular weight is 261 g/mol.